The van der Waals surface area contributed by atoms with Crippen LogP contribution in [0.5, 0.6) is 0 Å². The van der Waals surface area contributed by atoms with Crippen molar-refractivity contribution in [3.8, 4) is 0 Å². The number of hydrogen-bond acceptors (Lipinski definition) is 5. The Bertz CT molecular complexity index is 916. The number of rotatable bonds is 7. The smallest absolute Gasteiger partial charge is 0.246 e. The lowest BCUT2D eigenvalue weighted by atomic mass is 10.0. The lowest BCUT2D eigenvalue weighted by Gasteiger charge is -2.26. The van der Waals surface area contributed by atoms with Gasteiger partial charge in [-0.25, -0.2) is 0 Å². The second-order valence-electron chi connectivity index (χ2n) is 7.05. The summed E-state index contributed by atoms with van der Waals surface area (Å²) in [6.45, 7) is 6.39. The molecule has 6 heteroatoms. The Morgan fingerprint density at radius 3 is 2.43 bits per heavy atom. The van der Waals surface area contributed by atoms with E-state index in [1.807, 2.05) is 75.2 Å². The molecule has 0 aliphatic rings. The van der Waals surface area contributed by atoms with Gasteiger partial charge in [0.25, 0.3) is 0 Å². The largest absolute Gasteiger partial charge is 0.338 e. The average Bonchev–Trinajstić information content (AvgIpc) is 3.09. The van der Waals surface area contributed by atoms with E-state index >= 15 is 0 Å². The van der Waals surface area contributed by atoms with Crippen molar-refractivity contribution in [2.24, 2.45) is 0 Å². The van der Waals surface area contributed by atoms with Crippen LogP contribution in [0.4, 0.5) is 5.69 Å². The molecule has 0 bridgehead atoms. The minimum absolute atomic E-state index is 0.103. The topological polar surface area (TPSA) is 71.3 Å². The zero-order valence-corrected chi connectivity index (χ0v) is 16.8. The summed E-state index contributed by atoms with van der Waals surface area (Å²) in [5, 5.41) is 7.00. The van der Waals surface area contributed by atoms with Gasteiger partial charge >= 0.3 is 0 Å². The number of carbonyl (C=O) groups excluding carboxylic acids is 1. The van der Waals surface area contributed by atoms with Gasteiger partial charge in [0.1, 0.15) is 6.04 Å². The van der Waals surface area contributed by atoms with Gasteiger partial charge in [-0.3, -0.25) is 9.69 Å². The second-order valence-corrected chi connectivity index (χ2v) is 7.05. The minimum Gasteiger partial charge on any atom is -0.338 e. The standard InChI is InChI=1S/C22H26N4O2/c1-5-19-24-20(28-25-19)14-26(4)21(17-9-7-6-8-10-17)22(27)23-18-12-15(2)11-16(3)13-18/h6-13,21H,5,14H2,1-4H3,(H,23,27). The van der Waals surface area contributed by atoms with Crippen molar-refractivity contribution in [3.05, 3.63) is 76.9 Å². The van der Waals surface area contributed by atoms with E-state index in [0.29, 0.717) is 24.7 Å². The highest BCUT2D eigenvalue weighted by Gasteiger charge is 2.26. The van der Waals surface area contributed by atoms with Gasteiger partial charge in [-0.05, 0) is 49.7 Å². The molecule has 1 heterocycles. The highest BCUT2D eigenvalue weighted by Crippen LogP contribution is 2.24. The fraction of sp³-hybridized carbons (Fsp3) is 0.318. The maximum atomic E-state index is 13.2. The van der Waals surface area contributed by atoms with Crippen LogP contribution in [0.1, 0.15) is 41.4 Å². The first-order valence-electron chi connectivity index (χ1n) is 9.42. The fourth-order valence-corrected chi connectivity index (χ4v) is 3.30. The maximum Gasteiger partial charge on any atom is 0.246 e. The number of amides is 1. The van der Waals surface area contributed by atoms with E-state index < -0.39 is 6.04 Å². The van der Waals surface area contributed by atoms with Crippen LogP contribution >= 0.6 is 0 Å². The molecule has 0 fully saturated rings. The van der Waals surface area contributed by atoms with E-state index in [1.165, 1.54) is 0 Å². The summed E-state index contributed by atoms with van der Waals surface area (Å²) in [5.74, 6) is 1.06. The summed E-state index contributed by atoms with van der Waals surface area (Å²) in [4.78, 5) is 19.5. The number of aromatic nitrogens is 2. The number of aryl methyl sites for hydroxylation is 3. The Balaban J connectivity index is 1.84. The third kappa shape index (κ3) is 4.84. The van der Waals surface area contributed by atoms with Crippen molar-refractivity contribution in [1.82, 2.24) is 15.0 Å². The summed E-state index contributed by atoms with van der Waals surface area (Å²) in [7, 11) is 1.88. The zero-order valence-electron chi connectivity index (χ0n) is 16.8. The third-order valence-corrected chi connectivity index (χ3v) is 4.50. The van der Waals surface area contributed by atoms with Gasteiger partial charge in [-0.2, -0.15) is 4.98 Å². The van der Waals surface area contributed by atoms with Crippen molar-refractivity contribution < 1.29 is 9.32 Å². The molecule has 28 heavy (non-hydrogen) atoms. The Morgan fingerprint density at radius 2 is 1.82 bits per heavy atom. The van der Waals surface area contributed by atoms with Gasteiger partial charge in [-0.1, -0.05) is 48.5 Å². The number of carbonyl (C=O) groups is 1. The van der Waals surface area contributed by atoms with E-state index in [0.717, 1.165) is 22.4 Å². The van der Waals surface area contributed by atoms with Gasteiger partial charge in [-0.15, -0.1) is 0 Å². The zero-order chi connectivity index (χ0) is 20.1. The molecule has 1 N–H and O–H groups in total. The van der Waals surface area contributed by atoms with Crippen molar-refractivity contribution in [2.75, 3.05) is 12.4 Å². The summed E-state index contributed by atoms with van der Waals surface area (Å²) in [5.41, 5.74) is 3.92. The highest BCUT2D eigenvalue weighted by molar-refractivity contribution is 5.95. The average molecular weight is 378 g/mol. The molecular weight excluding hydrogens is 352 g/mol. The Kier molecular flexibility index (Phi) is 6.21. The van der Waals surface area contributed by atoms with Gasteiger partial charge in [0.15, 0.2) is 5.82 Å². The molecule has 1 atom stereocenters. The van der Waals surface area contributed by atoms with E-state index in [2.05, 4.69) is 21.5 Å². The van der Waals surface area contributed by atoms with Gasteiger partial charge in [0.05, 0.1) is 6.54 Å². The molecule has 0 saturated heterocycles. The molecule has 3 rings (SSSR count). The lowest BCUT2D eigenvalue weighted by molar-refractivity contribution is -0.121. The Morgan fingerprint density at radius 1 is 1.14 bits per heavy atom. The van der Waals surface area contributed by atoms with Crippen molar-refractivity contribution in [1.29, 1.82) is 0 Å². The van der Waals surface area contributed by atoms with Gasteiger partial charge in [0.2, 0.25) is 11.8 Å². The van der Waals surface area contributed by atoms with Crippen LogP contribution < -0.4 is 5.32 Å². The van der Waals surface area contributed by atoms with Crippen LogP contribution in [0.15, 0.2) is 53.1 Å². The lowest BCUT2D eigenvalue weighted by Crippen LogP contribution is -2.34. The van der Waals surface area contributed by atoms with Crippen LogP contribution in [0.25, 0.3) is 0 Å². The van der Waals surface area contributed by atoms with Gasteiger partial charge in [0, 0.05) is 12.1 Å². The predicted molar refractivity (Wildman–Crippen MR) is 109 cm³/mol. The molecular formula is C22H26N4O2. The first-order chi connectivity index (χ1) is 13.5. The summed E-state index contributed by atoms with van der Waals surface area (Å²) in [6.07, 6.45) is 0.711. The van der Waals surface area contributed by atoms with E-state index in [1.54, 1.807) is 0 Å². The van der Waals surface area contributed by atoms with E-state index in [-0.39, 0.29) is 5.91 Å². The molecule has 146 valence electrons. The Hall–Kier alpha value is -2.99. The molecule has 0 aliphatic carbocycles. The molecule has 3 aromatic rings. The second kappa shape index (κ2) is 8.80. The van der Waals surface area contributed by atoms with Crippen LogP contribution in [0.2, 0.25) is 0 Å². The number of hydrogen-bond donors (Lipinski definition) is 1. The number of nitrogens with one attached hydrogen (secondary N) is 1. The molecule has 1 amide bonds. The molecule has 0 aliphatic heterocycles. The minimum atomic E-state index is -0.487. The molecule has 0 radical (unpaired) electrons. The monoisotopic (exact) mass is 378 g/mol. The quantitative estimate of drug-likeness (QED) is 0.671. The Labute approximate surface area is 165 Å². The van der Waals surface area contributed by atoms with Crippen molar-refractivity contribution >= 4 is 11.6 Å². The number of nitrogens with zero attached hydrogens (tertiary/aromatic N) is 3. The van der Waals surface area contributed by atoms with E-state index in [4.69, 9.17) is 4.52 Å². The summed E-state index contributed by atoms with van der Waals surface area (Å²) < 4.78 is 5.31. The van der Waals surface area contributed by atoms with Crippen molar-refractivity contribution in [2.45, 2.75) is 39.8 Å². The predicted octanol–water partition coefficient (Wildman–Crippen LogP) is 4.06. The summed E-state index contributed by atoms with van der Waals surface area (Å²) >= 11 is 0. The SMILES string of the molecule is CCc1noc(CN(C)C(C(=O)Nc2cc(C)cc(C)c2)c2ccccc2)n1. The normalized spacial score (nSPS) is 12.2. The molecule has 0 spiro atoms. The molecule has 1 unspecified atom stereocenters. The van der Waals surface area contributed by atoms with Crippen LogP contribution in [0.3, 0.4) is 0 Å². The van der Waals surface area contributed by atoms with Crippen LogP contribution in [-0.2, 0) is 17.8 Å². The summed E-state index contributed by atoms with van der Waals surface area (Å²) in [6, 6.07) is 15.2. The third-order valence-electron chi connectivity index (χ3n) is 4.50. The van der Waals surface area contributed by atoms with Crippen LogP contribution in [0, 0.1) is 13.8 Å². The molecule has 0 saturated carbocycles. The first kappa shape index (κ1) is 19.8. The highest BCUT2D eigenvalue weighted by atomic mass is 16.5. The molecule has 6 nitrogen and oxygen atoms in total. The van der Waals surface area contributed by atoms with E-state index in [9.17, 15) is 4.79 Å². The number of likely N-dealkylation sites (N-methyl/N-ethyl adjacent to an activating group) is 1. The van der Waals surface area contributed by atoms with Crippen molar-refractivity contribution in [3.63, 3.8) is 0 Å². The number of anilines is 1. The molecule has 2 aromatic carbocycles. The van der Waals surface area contributed by atoms with Crippen LogP contribution in [-0.4, -0.2) is 28.0 Å². The maximum absolute atomic E-state index is 13.2. The fourth-order valence-electron chi connectivity index (χ4n) is 3.30. The van der Waals surface area contributed by atoms with Gasteiger partial charge < -0.3 is 9.84 Å². The molecule has 1 aromatic heterocycles. The first-order valence-corrected chi connectivity index (χ1v) is 9.42. The number of benzene rings is 2.